The third-order valence-corrected chi connectivity index (χ3v) is 2.43. The summed E-state index contributed by atoms with van der Waals surface area (Å²) in [5, 5.41) is 0. The van der Waals surface area contributed by atoms with E-state index in [0.717, 1.165) is 5.56 Å². The molecular formula is C12H15NO4. The van der Waals surface area contributed by atoms with Gasteiger partial charge in [0.2, 0.25) is 6.08 Å². The van der Waals surface area contributed by atoms with Crippen LogP contribution in [0.4, 0.5) is 0 Å². The molecule has 0 aliphatic heterocycles. The van der Waals surface area contributed by atoms with Gasteiger partial charge in [-0.25, -0.2) is 4.79 Å². The monoisotopic (exact) mass is 237 g/mol. The molecule has 1 aromatic carbocycles. The number of hydrogen-bond donors (Lipinski definition) is 0. The molecule has 0 amide bonds. The van der Waals surface area contributed by atoms with Crippen molar-refractivity contribution in [2.75, 3.05) is 21.3 Å². The zero-order valence-electron chi connectivity index (χ0n) is 10.3. The number of rotatable bonds is 5. The molecule has 0 saturated carbocycles. The zero-order chi connectivity index (χ0) is 12.8. The van der Waals surface area contributed by atoms with E-state index in [2.05, 4.69) is 4.99 Å². The van der Waals surface area contributed by atoms with Gasteiger partial charge in [-0.15, -0.1) is 0 Å². The number of hydrogen-bond acceptors (Lipinski definition) is 5. The second kappa shape index (κ2) is 5.92. The number of carbonyl (C=O) groups excluding carboxylic acids is 1. The normalized spacial score (nSPS) is 11.3. The lowest BCUT2D eigenvalue weighted by Gasteiger charge is -2.15. The summed E-state index contributed by atoms with van der Waals surface area (Å²) in [7, 11) is 4.63. The fourth-order valence-corrected chi connectivity index (χ4v) is 1.53. The van der Waals surface area contributed by atoms with Gasteiger partial charge >= 0.3 is 0 Å². The summed E-state index contributed by atoms with van der Waals surface area (Å²) in [4.78, 5) is 13.9. The van der Waals surface area contributed by atoms with Gasteiger partial charge in [-0.3, -0.25) is 0 Å². The Morgan fingerprint density at radius 2 is 1.59 bits per heavy atom. The van der Waals surface area contributed by atoms with E-state index >= 15 is 0 Å². The lowest BCUT2D eigenvalue weighted by Crippen LogP contribution is -1.99. The van der Waals surface area contributed by atoms with Crippen molar-refractivity contribution in [1.82, 2.24) is 0 Å². The van der Waals surface area contributed by atoms with Crippen LogP contribution in [0.3, 0.4) is 0 Å². The van der Waals surface area contributed by atoms with Crippen LogP contribution in [0, 0.1) is 0 Å². The second-order valence-corrected chi connectivity index (χ2v) is 3.35. The lowest BCUT2D eigenvalue weighted by atomic mass is 10.1. The van der Waals surface area contributed by atoms with Gasteiger partial charge in [-0.05, 0) is 13.0 Å². The molecule has 0 heterocycles. The third kappa shape index (κ3) is 2.77. The van der Waals surface area contributed by atoms with Crippen LogP contribution in [0.2, 0.25) is 0 Å². The molecule has 0 aliphatic carbocycles. The molecule has 0 aromatic heterocycles. The van der Waals surface area contributed by atoms with Crippen LogP contribution in [-0.4, -0.2) is 27.4 Å². The molecule has 1 rings (SSSR count). The topological polar surface area (TPSA) is 57.1 Å². The minimum atomic E-state index is -0.345. The number of aliphatic imine (C=N–C) groups is 1. The Labute approximate surface area is 100 Å². The third-order valence-electron chi connectivity index (χ3n) is 2.43. The molecule has 1 atom stereocenters. The quantitative estimate of drug-likeness (QED) is 0.581. The highest BCUT2D eigenvalue weighted by Crippen LogP contribution is 2.38. The Morgan fingerprint density at radius 3 is 2.06 bits per heavy atom. The highest BCUT2D eigenvalue weighted by molar-refractivity contribution is 5.52. The van der Waals surface area contributed by atoms with Crippen LogP contribution in [0.5, 0.6) is 17.2 Å². The van der Waals surface area contributed by atoms with E-state index in [0.29, 0.717) is 17.2 Å². The number of ether oxygens (including phenoxy) is 3. The van der Waals surface area contributed by atoms with Crippen LogP contribution in [0.25, 0.3) is 0 Å². The van der Waals surface area contributed by atoms with Gasteiger partial charge < -0.3 is 14.2 Å². The molecule has 1 aromatic rings. The van der Waals surface area contributed by atoms with Crippen LogP contribution in [-0.2, 0) is 4.79 Å². The van der Waals surface area contributed by atoms with Gasteiger partial charge in [-0.1, -0.05) is 0 Å². The van der Waals surface area contributed by atoms with Crippen LogP contribution >= 0.6 is 0 Å². The van der Waals surface area contributed by atoms with Crippen LogP contribution in [0.15, 0.2) is 17.1 Å². The fourth-order valence-electron chi connectivity index (χ4n) is 1.53. The first-order valence-electron chi connectivity index (χ1n) is 5.04. The van der Waals surface area contributed by atoms with Crippen molar-refractivity contribution in [3.63, 3.8) is 0 Å². The predicted octanol–water partition coefficient (Wildman–Crippen LogP) is 2.11. The van der Waals surface area contributed by atoms with Crippen molar-refractivity contribution >= 4 is 6.08 Å². The average Bonchev–Trinajstić information content (AvgIpc) is 2.37. The van der Waals surface area contributed by atoms with E-state index < -0.39 is 0 Å². The Bertz CT molecular complexity index is 438. The van der Waals surface area contributed by atoms with E-state index in [1.54, 1.807) is 40.4 Å². The maximum atomic E-state index is 10.3. The maximum absolute atomic E-state index is 10.3. The first-order valence-corrected chi connectivity index (χ1v) is 5.04. The maximum Gasteiger partial charge on any atom is 0.235 e. The summed E-state index contributed by atoms with van der Waals surface area (Å²) in [5.74, 6) is 1.72. The molecule has 1 unspecified atom stereocenters. The Hall–Kier alpha value is -2.00. The van der Waals surface area contributed by atoms with Crippen LogP contribution in [0.1, 0.15) is 18.5 Å². The van der Waals surface area contributed by atoms with Crippen molar-refractivity contribution in [2.24, 2.45) is 4.99 Å². The number of nitrogens with zero attached hydrogens (tertiary/aromatic N) is 1. The van der Waals surface area contributed by atoms with Gasteiger partial charge in [0, 0.05) is 11.6 Å². The summed E-state index contributed by atoms with van der Waals surface area (Å²) < 4.78 is 15.6. The molecule has 5 heteroatoms. The molecule has 0 bridgehead atoms. The van der Waals surface area contributed by atoms with E-state index in [-0.39, 0.29) is 6.04 Å². The minimum Gasteiger partial charge on any atom is -0.496 e. The summed E-state index contributed by atoms with van der Waals surface area (Å²) in [5.41, 5.74) is 0.744. The summed E-state index contributed by atoms with van der Waals surface area (Å²) in [6.07, 6.45) is 1.53. The molecule has 5 nitrogen and oxygen atoms in total. The molecule has 0 aliphatic rings. The minimum absolute atomic E-state index is 0.345. The average molecular weight is 237 g/mol. The van der Waals surface area contributed by atoms with E-state index in [9.17, 15) is 4.79 Å². The van der Waals surface area contributed by atoms with Crippen molar-refractivity contribution in [1.29, 1.82) is 0 Å². The Morgan fingerprint density at radius 1 is 1.06 bits per heavy atom. The fraction of sp³-hybridized carbons (Fsp3) is 0.417. The van der Waals surface area contributed by atoms with Gasteiger partial charge in [0.15, 0.2) is 11.5 Å². The highest BCUT2D eigenvalue weighted by Gasteiger charge is 2.16. The van der Waals surface area contributed by atoms with E-state index in [1.807, 2.05) is 0 Å². The number of isocyanates is 1. The molecule has 0 N–H and O–H groups in total. The summed E-state index contributed by atoms with van der Waals surface area (Å²) >= 11 is 0. The summed E-state index contributed by atoms with van der Waals surface area (Å²) in [6.45, 7) is 1.77. The van der Waals surface area contributed by atoms with Gasteiger partial charge in [0.25, 0.3) is 0 Å². The Kier molecular flexibility index (Phi) is 4.55. The second-order valence-electron chi connectivity index (χ2n) is 3.35. The standard InChI is InChI=1S/C12H15NO4/c1-8(13-7-14)9-5-11(16-3)12(17-4)6-10(9)15-2/h5-6,8H,1-4H3. The molecule has 17 heavy (non-hydrogen) atoms. The largest absolute Gasteiger partial charge is 0.496 e. The molecule has 0 radical (unpaired) electrons. The Balaban J connectivity index is 3.32. The van der Waals surface area contributed by atoms with E-state index in [4.69, 9.17) is 14.2 Å². The van der Waals surface area contributed by atoms with Gasteiger partial charge in [-0.2, -0.15) is 4.99 Å². The first kappa shape index (κ1) is 13.1. The van der Waals surface area contributed by atoms with Crippen molar-refractivity contribution in [2.45, 2.75) is 13.0 Å². The zero-order valence-corrected chi connectivity index (χ0v) is 10.3. The molecular weight excluding hydrogens is 222 g/mol. The highest BCUT2D eigenvalue weighted by atomic mass is 16.5. The SMILES string of the molecule is COc1cc(OC)c(C(C)N=C=O)cc1OC. The summed E-state index contributed by atoms with van der Waals surface area (Å²) in [6, 6.07) is 3.09. The molecule has 0 saturated heterocycles. The lowest BCUT2D eigenvalue weighted by molar-refractivity contribution is 0.347. The first-order chi connectivity index (χ1) is 8.17. The molecule has 0 fully saturated rings. The van der Waals surface area contributed by atoms with Gasteiger partial charge in [0.1, 0.15) is 5.75 Å². The van der Waals surface area contributed by atoms with Crippen molar-refractivity contribution in [3.8, 4) is 17.2 Å². The van der Waals surface area contributed by atoms with Crippen molar-refractivity contribution < 1.29 is 19.0 Å². The van der Waals surface area contributed by atoms with E-state index in [1.165, 1.54) is 6.08 Å². The predicted molar refractivity (Wildman–Crippen MR) is 62.6 cm³/mol. The number of benzene rings is 1. The van der Waals surface area contributed by atoms with Crippen LogP contribution < -0.4 is 14.2 Å². The smallest absolute Gasteiger partial charge is 0.235 e. The van der Waals surface area contributed by atoms with Crippen molar-refractivity contribution in [3.05, 3.63) is 17.7 Å². The number of methoxy groups -OCH3 is 3. The van der Waals surface area contributed by atoms with Gasteiger partial charge in [0.05, 0.1) is 27.4 Å². The molecule has 0 spiro atoms. The molecule has 92 valence electrons.